The Morgan fingerprint density at radius 2 is 2.10 bits per heavy atom. The van der Waals surface area contributed by atoms with Gasteiger partial charge in [0.1, 0.15) is 11.3 Å². The zero-order chi connectivity index (χ0) is 15.0. The van der Waals surface area contributed by atoms with Gasteiger partial charge in [-0.3, -0.25) is 4.68 Å². The number of aryl methyl sites for hydroxylation is 2. The van der Waals surface area contributed by atoms with E-state index in [-0.39, 0.29) is 0 Å². The Bertz CT molecular complexity index is 788. The number of imidazole rings is 1. The third-order valence-corrected chi connectivity index (χ3v) is 4.03. The largest absolute Gasteiger partial charge is 0.307 e. The third kappa shape index (κ3) is 2.54. The SMILES string of the molecule is CCc1nn(C)c2c1nc(CCl)n2Cc1cccc(Cl)c1. The van der Waals surface area contributed by atoms with Gasteiger partial charge in [-0.15, -0.1) is 11.6 Å². The van der Waals surface area contributed by atoms with E-state index in [1.807, 2.05) is 36.0 Å². The lowest BCUT2D eigenvalue weighted by atomic mass is 10.2. The molecule has 0 N–H and O–H groups in total. The lowest BCUT2D eigenvalue weighted by Crippen LogP contribution is -2.07. The summed E-state index contributed by atoms with van der Waals surface area (Å²) in [6, 6.07) is 7.83. The van der Waals surface area contributed by atoms with Crippen molar-refractivity contribution in [1.82, 2.24) is 19.3 Å². The molecule has 0 aliphatic heterocycles. The fourth-order valence-electron chi connectivity index (χ4n) is 2.61. The average Bonchev–Trinajstić information content (AvgIpc) is 2.97. The van der Waals surface area contributed by atoms with Crippen LogP contribution in [0.25, 0.3) is 11.2 Å². The Morgan fingerprint density at radius 3 is 2.76 bits per heavy atom. The summed E-state index contributed by atoms with van der Waals surface area (Å²) >= 11 is 12.1. The molecule has 0 saturated heterocycles. The summed E-state index contributed by atoms with van der Waals surface area (Å²) in [6.07, 6.45) is 0.854. The molecule has 2 aromatic heterocycles. The van der Waals surface area contributed by atoms with Crippen molar-refractivity contribution < 1.29 is 0 Å². The van der Waals surface area contributed by atoms with Crippen LogP contribution < -0.4 is 0 Å². The van der Waals surface area contributed by atoms with E-state index in [9.17, 15) is 0 Å². The Labute approximate surface area is 133 Å². The second-order valence-corrected chi connectivity index (χ2v) is 5.68. The number of nitrogens with zero attached hydrogens (tertiary/aromatic N) is 4. The number of benzene rings is 1. The van der Waals surface area contributed by atoms with E-state index in [4.69, 9.17) is 23.2 Å². The van der Waals surface area contributed by atoms with Crippen LogP contribution in [0.1, 0.15) is 24.0 Å². The first-order valence-corrected chi connectivity index (χ1v) is 7.76. The number of alkyl halides is 1. The fourth-order valence-corrected chi connectivity index (χ4v) is 3.03. The molecule has 110 valence electrons. The lowest BCUT2D eigenvalue weighted by Gasteiger charge is -2.08. The van der Waals surface area contributed by atoms with Crippen molar-refractivity contribution in [3.05, 3.63) is 46.4 Å². The van der Waals surface area contributed by atoms with Gasteiger partial charge < -0.3 is 4.57 Å². The smallest absolute Gasteiger partial charge is 0.159 e. The van der Waals surface area contributed by atoms with E-state index in [1.54, 1.807) is 0 Å². The molecule has 0 bridgehead atoms. The number of halogens is 2. The van der Waals surface area contributed by atoms with Crippen molar-refractivity contribution in [3.63, 3.8) is 0 Å². The summed E-state index contributed by atoms with van der Waals surface area (Å²) < 4.78 is 3.99. The summed E-state index contributed by atoms with van der Waals surface area (Å²) in [7, 11) is 1.94. The van der Waals surface area contributed by atoms with Crippen LogP contribution in [0.5, 0.6) is 0 Å². The van der Waals surface area contributed by atoms with E-state index in [2.05, 4.69) is 21.6 Å². The highest BCUT2D eigenvalue weighted by molar-refractivity contribution is 6.30. The molecular formula is C15H16Cl2N4. The lowest BCUT2D eigenvalue weighted by molar-refractivity contribution is 0.698. The zero-order valence-electron chi connectivity index (χ0n) is 12.0. The van der Waals surface area contributed by atoms with Crippen LogP contribution in [0.4, 0.5) is 0 Å². The molecule has 0 atom stereocenters. The van der Waals surface area contributed by atoms with Crippen molar-refractivity contribution >= 4 is 34.4 Å². The van der Waals surface area contributed by atoms with Crippen LogP contribution in [0.3, 0.4) is 0 Å². The van der Waals surface area contributed by atoms with E-state index in [1.165, 1.54) is 0 Å². The van der Waals surface area contributed by atoms with Gasteiger partial charge >= 0.3 is 0 Å². The first kappa shape index (κ1) is 14.4. The van der Waals surface area contributed by atoms with Crippen LogP contribution >= 0.6 is 23.2 Å². The summed E-state index contributed by atoms with van der Waals surface area (Å²) in [5.74, 6) is 1.23. The Kier molecular flexibility index (Phi) is 3.91. The van der Waals surface area contributed by atoms with Gasteiger partial charge in [-0.05, 0) is 24.1 Å². The van der Waals surface area contributed by atoms with Gasteiger partial charge in [-0.2, -0.15) is 5.10 Å². The minimum atomic E-state index is 0.373. The monoisotopic (exact) mass is 322 g/mol. The van der Waals surface area contributed by atoms with Gasteiger partial charge in [-0.25, -0.2) is 4.98 Å². The minimum absolute atomic E-state index is 0.373. The normalized spacial score (nSPS) is 11.4. The third-order valence-electron chi connectivity index (χ3n) is 3.55. The molecular weight excluding hydrogens is 307 g/mol. The molecule has 2 heterocycles. The van der Waals surface area contributed by atoms with E-state index in [0.717, 1.165) is 39.7 Å². The highest BCUT2D eigenvalue weighted by Gasteiger charge is 2.18. The number of fused-ring (bicyclic) bond motifs is 1. The Balaban J connectivity index is 2.14. The van der Waals surface area contributed by atoms with Gasteiger partial charge in [0.05, 0.1) is 18.1 Å². The molecule has 21 heavy (non-hydrogen) atoms. The number of aromatic nitrogens is 4. The predicted octanol–water partition coefficient (Wildman–Crippen LogP) is 3.77. The summed E-state index contributed by atoms with van der Waals surface area (Å²) in [5, 5.41) is 5.26. The van der Waals surface area contributed by atoms with Crippen molar-refractivity contribution in [2.75, 3.05) is 0 Å². The standard InChI is InChI=1S/C15H16Cl2N4/c1-3-12-14-15(20(2)19-12)21(13(8-16)18-14)9-10-5-4-6-11(17)7-10/h4-7H,3,8-9H2,1-2H3. The van der Waals surface area contributed by atoms with E-state index in [0.29, 0.717) is 12.4 Å². The second kappa shape index (κ2) is 5.70. The van der Waals surface area contributed by atoms with Gasteiger partial charge in [0, 0.05) is 12.1 Å². The maximum atomic E-state index is 6.07. The highest BCUT2D eigenvalue weighted by Crippen LogP contribution is 2.23. The highest BCUT2D eigenvalue weighted by atomic mass is 35.5. The molecule has 0 aliphatic rings. The van der Waals surface area contributed by atoms with Crippen LogP contribution in [0.15, 0.2) is 24.3 Å². The molecule has 3 aromatic rings. The van der Waals surface area contributed by atoms with Crippen molar-refractivity contribution in [2.24, 2.45) is 7.05 Å². The van der Waals surface area contributed by atoms with Gasteiger partial charge in [-0.1, -0.05) is 30.7 Å². The first-order valence-electron chi connectivity index (χ1n) is 6.85. The molecule has 0 unspecified atom stereocenters. The zero-order valence-corrected chi connectivity index (χ0v) is 13.5. The summed E-state index contributed by atoms with van der Waals surface area (Å²) in [6.45, 7) is 2.76. The Morgan fingerprint density at radius 1 is 1.29 bits per heavy atom. The maximum Gasteiger partial charge on any atom is 0.159 e. The van der Waals surface area contributed by atoms with E-state index < -0.39 is 0 Å². The fraction of sp³-hybridized carbons (Fsp3) is 0.333. The molecule has 4 nitrogen and oxygen atoms in total. The molecule has 1 aromatic carbocycles. The van der Waals surface area contributed by atoms with E-state index >= 15 is 0 Å². The van der Waals surface area contributed by atoms with Gasteiger partial charge in [0.15, 0.2) is 5.65 Å². The predicted molar refractivity (Wildman–Crippen MR) is 86.0 cm³/mol. The van der Waals surface area contributed by atoms with Crippen molar-refractivity contribution in [2.45, 2.75) is 25.8 Å². The maximum absolute atomic E-state index is 6.07. The molecule has 3 rings (SSSR count). The molecule has 0 radical (unpaired) electrons. The van der Waals surface area contributed by atoms with Crippen LogP contribution in [-0.4, -0.2) is 19.3 Å². The van der Waals surface area contributed by atoms with Crippen LogP contribution in [0, 0.1) is 0 Å². The topological polar surface area (TPSA) is 35.6 Å². The molecule has 0 fully saturated rings. The molecule has 0 amide bonds. The quantitative estimate of drug-likeness (QED) is 0.685. The van der Waals surface area contributed by atoms with Crippen LogP contribution in [-0.2, 0) is 25.9 Å². The second-order valence-electron chi connectivity index (χ2n) is 4.97. The van der Waals surface area contributed by atoms with Gasteiger partial charge in [0.25, 0.3) is 0 Å². The summed E-state index contributed by atoms with van der Waals surface area (Å²) in [4.78, 5) is 4.66. The number of rotatable bonds is 4. The number of hydrogen-bond acceptors (Lipinski definition) is 2. The molecule has 0 spiro atoms. The van der Waals surface area contributed by atoms with Crippen molar-refractivity contribution in [3.8, 4) is 0 Å². The average molecular weight is 323 g/mol. The minimum Gasteiger partial charge on any atom is -0.307 e. The molecule has 0 aliphatic carbocycles. The molecule has 6 heteroatoms. The first-order chi connectivity index (χ1) is 10.1. The summed E-state index contributed by atoms with van der Waals surface area (Å²) in [5.41, 5.74) is 4.07. The number of hydrogen-bond donors (Lipinski definition) is 0. The molecule has 0 saturated carbocycles. The van der Waals surface area contributed by atoms with Gasteiger partial charge in [0.2, 0.25) is 0 Å². The van der Waals surface area contributed by atoms with Crippen LogP contribution in [0.2, 0.25) is 5.02 Å². The Hall–Kier alpha value is -1.52. The van der Waals surface area contributed by atoms with Crippen molar-refractivity contribution in [1.29, 1.82) is 0 Å².